The molecule has 7 heteroatoms. The van der Waals surface area contributed by atoms with Crippen molar-refractivity contribution in [1.29, 1.82) is 0 Å². The molecule has 82 valence electrons. The van der Waals surface area contributed by atoms with E-state index in [1.54, 1.807) is 26.2 Å². The van der Waals surface area contributed by atoms with E-state index in [-0.39, 0.29) is 10.0 Å². The van der Waals surface area contributed by atoms with Crippen LogP contribution in [0, 0.1) is 0 Å². The van der Waals surface area contributed by atoms with Gasteiger partial charge in [-0.05, 0) is 0 Å². The number of rotatable bonds is 3. The van der Waals surface area contributed by atoms with Gasteiger partial charge >= 0.3 is 89.8 Å². The molecule has 0 radical (unpaired) electrons. The first kappa shape index (κ1) is 12.0. The first-order valence-corrected chi connectivity index (χ1v) is 7.53. The molecule has 0 saturated carbocycles. The first-order valence-electron chi connectivity index (χ1n) is 4.15. The number of nitrogens with zero attached hydrogens (tertiary/aromatic N) is 3. The van der Waals surface area contributed by atoms with Crippen LogP contribution in [-0.4, -0.2) is 41.5 Å². The third-order valence-corrected chi connectivity index (χ3v) is 3.64. The van der Waals surface area contributed by atoms with Gasteiger partial charge in [-0.1, -0.05) is 0 Å². The molecule has 1 aromatic rings. The fraction of sp³-hybridized carbons (Fsp3) is 0.250. The van der Waals surface area contributed by atoms with Crippen molar-refractivity contribution in [2.45, 2.75) is 0 Å². The molecular weight excluding hydrogens is 261 g/mol. The number of benzene rings is 1. The van der Waals surface area contributed by atoms with Crippen molar-refractivity contribution in [3.8, 4) is 0 Å². The third-order valence-electron chi connectivity index (χ3n) is 1.53. The Morgan fingerprint density at radius 1 is 1.27 bits per heavy atom. The molecule has 0 amide bonds. The van der Waals surface area contributed by atoms with E-state index in [0.717, 1.165) is 0 Å². The van der Waals surface area contributed by atoms with Crippen LogP contribution < -0.4 is 4.35 Å². The predicted octanol–water partition coefficient (Wildman–Crippen LogP) is -0.192. The summed E-state index contributed by atoms with van der Waals surface area (Å²) in [5.74, 6) is 0. The van der Waals surface area contributed by atoms with Gasteiger partial charge in [-0.3, -0.25) is 0 Å². The molecule has 0 aliphatic carbocycles. The predicted molar refractivity (Wildman–Crippen MR) is 55.2 cm³/mol. The van der Waals surface area contributed by atoms with Gasteiger partial charge in [0, 0.05) is 0 Å². The molecule has 0 unspecified atom stereocenters. The molecule has 0 aliphatic heterocycles. The summed E-state index contributed by atoms with van der Waals surface area (Å²) in [5.41, 5.74) is 0.207. The normalized spacial score (nSPS) is 12.0. The molecule has 0 atom stereocenters. The summed E-state index contributed by atoms with van der Waals surface area (Å²) in [4.78, 5) is 0. The minimum absolute atomic E-state index is 0.0544. The van der Waals surface area contributed by atoms with Gasteiger partial charge in [0.15, 0.2) is 0 Å². The molecule has 1 rings (SSSR count). The van der Waals surface area contributed by atoms with Crippen LogP contribution in [0.5, 0.6) is 0 Å². The zero-order valence-corrected chi connectivity index (χ0v) is 10.3. The average molecular weight is 273 g/mol. The summed E-state index contributed by atoms with van der Waals surface area (Å²) in [6.07, 6.45) is 0. The third kappa shape index (κ3) is 3.51. The minimum atomic E-state index is -4.91. The maximum absolute atomic E-state index is 11.1. The Hall–Kier alpha value is -1.10. The van der Waals surface area contributed by atoms with Crippen LogP contribution in [0.3, 0.4) is 0 Å². The van der Waals surface area contributed by atoms with Gasteiger partial charge in [0.1, 0.15) is 0 Å². The van der Waals surface area contributed by atoms with Crippen molar-refractivity contribution in [3.63, 3.8) is 0 Å². The van der Waals surface area contributed by atoms with E-state index in [1.165, 1.54) is 17.1 Å². The zero-order valence-electron chi connectivity index (χ0n) is 8.40. The van der Waals surface area contributed by atoms with Gasteiger partial charge < -0.3 is 0 Å². The zero-order chi connectivity index (χ0) is 11.5. The van der Waals surface area contributed by atoms with E-state index in [1.807, 2.05) is 0 Å². The van der Waals surface area contributed by atoms with Crippen molar-refractivity contribution in [1.82, 2.24) is 5.01 Å². The van der Waals surface area contributed by atoms with Crippen LogP contribution >= 0.6 is 0 Å². The van der Waals surface area contributed by atoms with E-state index in [9.17, 15) is 3.74 Å². The summed E-state index contributed by atoms with van der Waals surface area (Å²) < 4.78 is 29.3. The fourth-order valence-corrected chi connectivity index (χ4v) is 2.40. The van der Waals surface area contributed by atoms with Crippen molar-refractivity contribution in [2.75, 3.05) is 14.1 Å². The standard InChI is InChI=1S/C8H12AsN3O3/c1-12(2)11-10-8-6-4-3-5-7(8)9(13,14)15/h3-6H,1-2H3,(H2,13,14,15). The molecule has 2 N–H and O–H groups in total. The molecule has 0 saturated heterocycles. The van der Waals surface area contributed by atoms with E-state index in [4.69, 9.17) is 8.19 Å². The van der Waals surface area contributed by atoms with Crippen LogP contribution in [0.25, 0.3) is 0 Å². The van der Waals surface area contributed by atoms with Crippen molar-refractivity contribution >= 4 is 24.2 Å². The van der Waals surface area contributed by atoms with Gasteiger partial charge in [0.25, 0.3) is 0 Å². The first-order chi connectivity index (χ1) is 6.91. The molecule has 0 aromatic heterocycles. The van der Waals surface area contributed by atoms with Crippen molar-refractivity contribution in [3.05, 3.63) is 24.3 Å². The fourth-order valence-electron chi connectivity index (χ4n) is 0.933. The second kappa shape index (κ2) is 4.61. The summed E-state index contributed by atoms with van der Waals surface area (Å²) in [5, 5.41) is 8.89. The van der Waals surface area contributed by atoms with Crippen LogP contribution in [-0.2, 0) is 3.74 Å². The Bertz CT molecular complexity index is 413. The Morgan fingerprint density at radius 3 is 2.40 bits per heavy atom. The Balaban J connectivity index is 3.13. The van der Waals surface area contributed by atoms with Gasteiger partial charge in [-0.15, -0.1) is 0 Å². The van der Waals surface area contributed by atoms with E-state index >= 15 is 0 Å². The molecule has 6 nitrogen and oxygen atoms in total. The molecule has 0 spiro atoms. The maximum atomic E-state index is 11.1. The second-order valence-electron chi connectivity index (χ2n) is 3.07. The van der Waals surface area contributed by atoms with E-state index in [2.05, 4.69) is 10.3 Å². The second-order valence-corrected chi connectivity index (χ2v) is 6.36. The summed E-state index contributed by atoms with van der Waals surface area (Å²) in [7, 11) is 3.35. The van der Waals surface area contributed by atoms with Crippen molar-refractivity contribution in [2.24, 2.45) is 10.3 Å². The average Bonchev–Trinajstić information content (AvgIpc) is 2.13. The molecule has 1 aromatic carbocycles. The summed E-state index contributed by atoms with van der Waals surface area (Å²) in [6.45, 7) is 0. The summed E-state index contributed by atoms with van der Waals surface area (Å²) in [6, 6.07) is 6.09. The van der Waals surface area contributed by atoms with E-state index < -0.39 is 14.2 Å². The van der Waals surface area contributed by atoms with Gasteiger partial charge in [-0.25, -0.2) is 0 Å². The van der Waals surface area contributed by atoms with Crippen LogP contribution in [0.4, 0.5) is 5.69 Å². The van der Waals surface area contributed by atoms with E-state index in [0.29, 0.717) is 0 Å². The van der Waals surface area contributed by atoms with Crippen LogP contribution in [0.1, 0.15) is 0 Å². The topological polar surface area (TPSA) is 85.5 Å². The molecule has 15 heavy (non-hydrogen) atoms. The molecule has 0 heterocycles. The van der Waals surface area contributed by atoms with Gasteiger partial charge in [0.2, 0.25) is 0 Å². The Labute approximate surface area is 90.2 Å². The molecule has 0 aliphatic rings. The van der Waals surface area contributed by atoms with Gasteiger partial charge in [-0.2, -0.15) is 0 Å². The van der Waals surface area contributed by atoms with Crippen LogP contribution in [0.2, 0.25) is 0 Å². The monoisotopic (exact) mass is 273 g/mol. The SMILES string of the molecule is CN(C)N=Nc1ccccc1[As](=O)(O)O. The quantitative estimate of drug-likeness (QED) is 0.454. The number of hydrogen-bond donors (Lipinski definition) is 2. The number of hydrogen-bond acceptors (Lipinski definition) is 3. The molecule has 0 fully saturated rings. The molecular formula is C8H12AsN3O3. The Kier molecular flexibility index (Phi) is 3.68. The van der Waals surface area contributed by atoms with Crippen molar-refractivity contribution < 1.29 is 11.9 Å². The van der Waals surface area contributed by atoms with Crippen LogP contribution in [0.15, 0.2) is 34.6 Å². The molecule has 0 bridgehead atoms. The Morgan fingerprint density at radius 2 is 1.87 bits per heavy atom. The summed E-state index contributed by atoms with van der Waals surface area (Å²) >= 11 is -4.91. The van der Waals surface area contributed by atoms with Gasteiger partial charge in [0.05, 0.1) is 0 Å².